The molecule has 0 fully saturated rings. The van der Waals surface area contributed by atoms with Gasteiger partial charge >= 0.3 is 5.97 Å². The molecule has 3 heteroatoms. The van der Waals surface area contributed by atoms with Gasteiger partial charge in [-0.25, -0.2) is 0 Å². The minimum Gasteiger partial charge on any atom is -0.485 e. The van der Waals surface area contributed by atoms with Crippen molar-refractivity contribution in [2.75, 3.05) is 0 Å². The number of rotatable bonds is 5. The lowest BCUT2D eigenvalue weighted by Gasteiger charge is -2.12. The Morgan fingerprint density at radius 2 is 1.55 bits per heavy atom. The topological polar surface area (TPSA) is 35.5 Å². The van der Waals surface area contributed by atoms with E-state index >= 15 is 0 Å². The third-order valence-electron chi connectivity index (χ3n) is 2.77. The predicted octanol–water partition coefficient (Wildman–Crippen LogP) is 3.83. The zero-order chi connectivity index (χ0) is 14.4. The van der Waals surface area contributed by atoms with Crippen molar-refractivity contribution < 1.29 is 14.3 Å². The number of hydrogen-bond donors (Lipinski definition) is 0. The number of ether oxygens (including phenoxy) is 2. The molecule has 0 bridgehead atoms. The molecule has 104 valence electrons. The average molecular weight is 270 g/mol. The molecular weight excluding hydrogens is 252 g/mol. The van der Waals surface area contributed by atoms with Gasteiger partial charge in [-0.2, -0.15) is 0 Å². The van der Waals surface area contributed by atoms with Crippen molar-refractivity contribution in [2.45, 2.75) is 20.5 Å². The highest BCUT2D eigenvalue weighted by Crippen LogP contribution is 2.28. The van der Waals surface area contributed by atoms with E-state index in [1.807, 2.05) is 42.5 Å². The Morgan fingerprint density at radius 3 is 2.20 bits per heavy atom. The molecule has 0 amide bonds. The number of carbonyl (C=O) groups is 1. The fourth-order valence-corrected chi connectivity index (χ4v) is 1.62. The maximum absolute atomic E-state index is 11.7. The van der Waals surface area contributed by atoms with Crippen LogP contribution in [0, 0.1) is 5.92 Å². The van der Waals surface area contributed by atoms with Crippen molar-refractivity contribution >= 4 is 5.97 Å². The van der Waals surface area contributed by atoms with Crippen molar-refractivity contribution in [1.82, 2.24) is 0 Å². The molecule has 0 atom stereocenters. The summed E-state index contributed by atoms with van der Waals surface area (Å²) in [5.74, 6) is 0.602. The summed E-state index contributed by atoms with van der Waals surface area (Å²) in [5.41, 5.74) is 1.07. The van der Waals surface area contributed by atoms with Gasteiger partial charge in [-0.15, -0.1) is 0 Å². The van der Waals surface area contributed by atoms with Gasteiger partial charge in [0.25, 0.3) is 0 Å². The van der Waals surface area contributed by atoms with Crippen LogP contribution < -0.4 is 9.47 Å². The van der Waals surface area contributed by atoms with Crippen LogP contribution in [0.4, 0.5) is 0 Å². The third-order valence-corrected chi connectivity index (χ3v) is 2.77. The zero-order valence-corrected chi connectivity index (χ0v) is 11.7. The fraction of sp³-hybridized carbons (Fsp3) is 0.235. The molecule has 0 heterocycles. The summed E-state index contributed by atoms with van der Waals surface area (Å²) >= 11 is 0. The molecule has 0 saturated heterocycles. The summed E-state index contributed by atoms with van der Waals surface area (Å²) in [4.78, 5) is 11.7. The van der Waals surface area contributed by atoms with Crippen LogP contribution in [0.1, 0.15) is 19.4 Å². The van der Waals surface area contributed by atoms with Gasteiger partial charge in [-0.05, 0) is 17.7 Å². The second-order valence-corrected chi connectivity index (χ2v) is 4.80. The fourth-order valence-electron chi connectivity index (χ4n) is 1.62. The zero-order valence-electron chi connectivity index (χ0n) is 11.7. The minimum absolute atomic E-state index is 0.169. The highest BCUT2D eigenvalue weighted by molar-refractivity contribution is 5.75. The monoisotopic (exact) mass is 270 g/mol. The number of hydrogen-bond acceptors (Lipinski definition) is 3. The first-order chi connectivity index (χ1) is 9.66. The molecule has 0 N–H and O–H groups in total. The van der Waals surface area contributed by atoms with Crippen LogP contribution in [0.2, 0.25) is 0 Å². The van der Waals surface area contributed by atoms with E-state index in [0.29, 0.717) is 18.1 Å². The highest BCUT2D eigenvalue weighted by atomic mass is 16.6. The van der Waals surface area contributed by atoms with E-state index in [9.17, 15) is 4.79 Å². The molecule has 0 radical (unpaired) electrons. The van der Waals surface area contributed by atoms with E-state index in [0.717, 1.165) is 5.56 Å². The van der Waals surface area contributed by atoms with Gasteiger partial charge in [0.2, 0.25) is 0 Å². The van der Waals surface area contributed by atoms with Gasteiger partial charge < -0.3 is 9.47 Å². The first-order valence-corrected chi connectivity index (χ1v) is 6.64. The second kappa shape index (κ2) is 6.75. The minimum atomic E-state index is -0.263. The van der Waals surface area contributed by atoms with Crippen molar-refractivity contribution in [1.29, 1.82) is 0 Å². The standard InChI is InChI=1S/C17H18O3/c1-13(2)17(18)20-16-11-7-6-10-15(16)19-12-14-8-4-3-5-9-14/h3-11,13H,12H2,1-2H3. The van der Waals surface area contributed by atoms with Crippen LogP contribution in [0.5, 0.6) is 11.5 Å². The van der Waals surface area contributed by atoms with E-state index in [1.165, 1.54) is 0 Å². The lowest BCUT2D eigenvalue weighted by Crippen LogP contribution is -2.15. The second-order valence-electron chi connectivity index (χ2n) is 4.80. The summed E-state index contributed by atoms with van der Waals surface area (Å²) in [5, 5.41) is 0. The number of para-hydroxylation sites is 2. The van der Waals surface area contributed by atoms with Crippen LogP contribution in [0.3, 0.4) is 0 Å². The number of esters is 1. The van der Waals surface area contributed by atoms with E-state index in [-0.39, 0.29) is 11.9 Å². The largest absolute Gasteiger partial charge is 0.485 e. The number of benzene rings is 2. The Kier molecular flexibility index (Phi) is 4.77. The highest BCUT2D eigenvalue weighted by Gasteiger charge is 2.13. The van der Waals surface area contributed by atoms with Gasteiger partial charge in [0.15, 0.2) is 11.5 Å². The molecule has 3 nitrogen and oxygen atoms in total. The quantitative estimate of drug-likeness (QED) is 0.612. The van der Waals surface area contributed by atoms with E-state index in [1.54, 1.807) is 26.0 Å². The molecule has 0 aromatic heterocycles. The normalized spacial score (nSPS) is 10.3. The van der Waals surface area contributed by atoms with E-state index in [4.69, 9.17) is 9.47 Å². The van der Waals surface area contributed by atoms with Crippen LogP contribution in [-0.4, -0.2) is 5.97 Å². The molecular formula is C17H18O3. The summed E-state index contributed by atoms with van der Waals surface area (Å²) in [6.07, 6.45) is 0. The van der Waals surface area contributed by atoms with Crippen LogP contribution in [0.15, 0.2) is 54.6 Å². The lowest BCUT2D eigenvalue weighted by molar-refractivity contribution is -0.137. The van der Waals surface area contributed by atoms with Crippen molar-refractivity contribution in [3.8, 4) is 11.5 Å². The molecule has 0 saturated carbocycles. The number of carbonyl (C=O) groups excluding carboxylic acids is 1. The Bertz CT molecular complexity index is 561. The molecule has 0 spiro atoms. The third kappa shape index (κ3) is 3.85. The molecule has 2 aromatic rings. The average Bonchev–Trinajstić information content (AvgIpc) is 2.47. The smallest absolute Gasteiger partial charge is 0.313 e. The van der Waals surface area contributed by atoms with E-state index < -0.39 is 0 Å². The molecule has 0 aliphatic heterocycles. The Balaban J connectivity index is 2.06. The van der Waals surface area contributed by atoms with Gasteiger partial charge in [0.1, 0.15) is 6.61 Å². The summed E-state index contributed by atoms with van der Waals surface area (Å²) in [6, 6.07) is 17.1. The molecule has 0 aliphatic carbocycles. The maximum atomic E-state index is 11.7. The Morgan fingerprint density at radius 1 is 0.950 bits per heavy atom. The van der Waals surface area contributed by atoms with Gasteiger partial charge in [-0.3, -0.25) is 4.79 Å². The summed E-state index contributed by atoms with van der Waals surface area (Å²) in [6.45, 7) is 4.04. The van der Waals surface area contributed by atoms with Gasteiger partial charge in [0, 0.05) is 0 Å². The lowest BCUT2D eigenvalue weighted by atomic mass is 10.2. The maximum Gasteiger partial charge on any atom is 0.313 e. The van der Waals surface area contributed by atoms with Crippen molar-refractivity contribution in [3.63, 3.8) is 0 Å². The first-order valence-electron chi connectivity index (χ1n) is 6.64. The van der Waals surface area contributed by atoms with Crippen molar-refractivity contribution in [3.05, 3.63) is 60.2 Å². The van der Waals surface area contributed by atoms with Crippen LogP contribution in [0.25, 0.3) is 0 Å². The SMILES string of the molecule is CC(C)C(=O)Oc1ccccc1OCc1ccccc1. The Hall–Kier alpha value is -2.29. The van der Waals surface area contributed by atoms with Crippen molar-refractivity contribution in [2.24, 2.45) is 5.92 Å². The Labute approximate surface area is 119 Å². The molecule has 2 aromatic carbocycles. The van der Waals surface area contributed by atoms with Crippen LogP contribution >= 0.6 is 0 Å². The molecule has 2 rings (SSSR count). The first kappa shape index (κ1) is 14.1. The van der Waals surface area contributed by atoms with E-state index in [2.05, 4.69) is 0 Å². The summed E-state index contributed by atoms with van der Waals surface area (Å²) < 4.78 is 11.1. The predicted molar refractivity (Wildman–Crippen MR) is 77.7 cm³/mol. The summed E-state index contributed by atoms with van der Waals surface area (Å²) in [7, 11) is 0. The molecule has 0 aliphatic rings. The van der Waals surface area contributed by atoms with Gasteiger partial charge in [0.05, 0.1) is 5.92 Å². The van der Waals surface area contributed by atoms with Crippen LogP contribution in [-0.2, 0) is 11.4 Å². The van der Waals surface area contributed by atoms with Gasteiger partial charge in [-0.1, -0.05) is 56.3 Å². The molecule has 20 heavy (non-hydrogen) atoms. The molecule has 0 unspecified atom stereocenters.